The summed E-state index contributed by atoms with van der Waals surface area (Å²) in [6, 6.07) is 21.5. The molecule has 1 aliphatic rings. The molecule has 0 bridgehead atoms. The lowest BCUT2D eigenvalue weighted by molar-refractivity contribution is 0.134. The Morgan fingerprint density at radius 1 is 1.12 bits per heavy atom. The first-order valence-electron chi connectivity index (χ1n) is 11.6. The standard InChI is InChI=1S/C26H34N6O.HI/c1-20-17-22(13-15-31(20)19-21-7-5-4-6-8-21)29-26(27-2)28-18-23-14-16-32(30-23)24-9-11-25(33-3)12-10-24;/h4-12,14,16,20,22H,13,15,17-19H2,1-3H3,(H2,27,28,29);1H. The van der Waals surface area contributed by atoms with Crippen LogP contribution < -0.4 is 15.4 Å². The molecule has 2 aromatic carbocycles. The zero-order valence-electron chi connectivity index (χ0n) is 20.1. The van der Waals surface area contributed by atoms with E-state index in [2.05, 4.69) is 62.9 Å². The lowest BCUT2D eigenvalue weighted by Crippen LogP contribution is -2.51. The second kappa shape index (κ2) is 12.8. The number of halogens is 1. The molecule has 0 spiro atoms. The van der Waals surface area contributed by atoms with Crippen molar-refractivity contribution in [2.75, 3.05) is 20.7 Å². The summed E-state index contributed by atoms with van der Waals surface area (Å²) in [5, 5.41) is 11.7. The van der Waals surface area contributed by atoms with Crippen LogP contribution in [0.1, 0.15) is 31.0 Å². The number of rotatable bonds is 7. The zero-order valence-corrected chi connectivity index (χ0v) is 22.5. The maximum Gasteiger partial charge on any atom is 0.191 e. The average molecular weight is 575 g/mol. The normalized spacial score (nSPS) is 18.7. The summed E-state index contributed by atoms with van der Waals surface area (Å²) in [5.41, 5.74) is 3.34. The molecule has 0 aliphatic carbocycles. The number of hydrogen-bond donors (Lipinski definition) is 2. The lowest BCUT2D eigenvalue weighted by atomic mass is 9.97. The minimum Gasteiger partial charge on any atom is -0.497 e. The van der Waals surface area contributed by atoms with Crippen molar-refractivity contribution in [2.45, 2.75) is 44.9 Å². The molecular weight excluding hydrogens is 539 g/mol. The SMILES string of the molecule is CN=C(NCc1ccn(-c2ccc(OC)cc2)n1)NC1CCN(Cc2ccccc2)C(C)C1.I. The van der Waals surface area contributed by atoms with Gasteiger partial charge in [0.1, 0.15) is 5.75 Å². The van der Waals surface area contributed by atoms with Crippen molar-refractivity contribution in [1.82, 2.24) is 25.3 Å². The van der Waals surface area contributed by atoms with Crippen LogP contribution in [-0.2, 0) is 13.1 Å². The third-order valence-corrected chi connectivity index (χ3v) is 6.22. The first-order valence-corrected chi connectivity index (χ1v) is 11.6. The van der Waals surface area contributed by atoms with Gasteiger partial charge in [0.25, 0.3) is 0 Å². The van der Waals surface area contributed by atoms with Gasteiger partial charge in [0.05, 0.1) is 25.0 Å². The summed E-state index contributed by atoms with van der Waals surface area (Å²) in [4.78, 5) is 6.99. The second-order valence-electron chi connectivity index (χ2n) is 8.55. The fourth-order valence-electron chi connectivity index (χ4n) is 4.30. The highest BCUT2D eigenvalue weighted by molar-refractivity contribution is 14.0. The summed E-state index contributed by atoms with van der Waals surface area (Å²) in [6.07, 6.45) is 4.17. The number of guanidine groups is 1. The Bertz CT molecular complexity index is 1040. The van der Waals surface area contributed by atoms with E-state index >= 15 is 0 Å². The number of methoxy groups -OCH3 is 1. The van der Waals surface area contributed by atoms with Crippen molar-refractivity contribution in [3.8, 4) is 11.4 Å². The zero-order chi connectivity index (χ0) is 23.0. The van der Waals surface area contributed by atoms with Crippen molar-refractivity contribution < 1.29 is 4.74 Å². The molecule has 2 unspecified atom stereocenters. The summed E-state index contributed by atoms with van der Waals surface area (Å²) < 4.78 is 7.10. The number of benzene rings is 2. The molecule has 182 valence electrons. The number of aliphatic imine (C=N–C) groups is 1. The molecule has 2 N–H and O–H groups in total. The third-order valence-electron chi connectivity index (χ3n) is 6.22. The highest BCUT2D eigenvalue weighted by Gasteiger charge is 2.26. The van der Waals surface area contributed by atoms with Crippen LogP contribution in [-0.4, -0.2) is 53.4 Å². The monoisotopic (exact) mass is 574 g/mol. The molecule has 4 rings (SSSR count). The van der Waals surface area contributed by atoms with Gasteiger partial charge in [-0.1, -0.05) is 30.3 Å². The van der Waals surface area contributed by atoms with E-state index in [0.717, 1.165) is 49.0 Å². The predicted molar refractivity (Wildman–Crippen MR) is 148 cm³/mol. The molecule has 3 aromatic rings. The van der Waals surface area contributed by atoms with Crippen LogP contribution in [0.25, 0.3) is 5.69 Å². The quantitative estimate of drug-likeness (QED) is 0.252. The van der Waals surface area contributed by atoms with Gasteiger partial charge in [-0.15, -0.1) is 24.0 Å². The number of nitrogens with zero attached hydrogens (tertiary/aromatic N) is 4. The van der Waals surface area contributed by atoms with E-state index < -0.39 is 0 Å². The minimum absolute atomic E-state index is 0. The van der Waals surface area contributed by atoms with Crippen molar-refractivity contribution in [3.05, 3.63) is 78.1 Å². The van der Waals surface area contributed by atoms with E-state index in [-0.39, 0.29) is 24.0 Å². The molecule has 2 atom stereocenters. The Hall–Kier alpha value is -2.59. The van der Waals surface area contributed by atoms with Gasteiger partial charge in [-0.2, -0.15) is 5.10 Å². The molecular formula is C26H35IN6O. The Balaban J connectivity index is 0.00000324. The highest BCUT2D eigenvalue weighted by Crippen LogP contribution is 2.20. The number of piperidine rings is 1. The molecule has 1 aromatic heterocycles. The maximum atomic E-state index is 5.23. The van der Waals surface area contributed by atoms with E-state index in [1.807, 2.05) is 48.3 Å². The van der Waals surface area contributed by atoms with Gasteiger partial charge in [-0.25, -0.2) is 4.68 Å². The smallest absolute Gasteiger partial charge is 0.191 e. The lowest BCUT2D eigenvalue weighted by Gasteiger charge is -2.38. The number of hydrogen-bond acceptors (Lipinski definition) is 4. The average Bonchev–Trinajstić information content (AvgIpc) is 3.33. The first kappa shape index (κ1) is 26.0. The largest absolute Gasteiger partial charge is 0.497 e. The van der Waals surface area contributed by atoms with Gasteiger partial charge >= 0.3 is 0 Å². The van der Waals surface area contributed by atoms with E-state index in [1.165, 1.54) is 5.56 Å². The molecule has 0 amide bonds. The Morgan fingerprint density at radius 3 is 2.56 bits per heavy atom. The number of aromatic nitrogens is 2. The van der Waals surface area contributed by atoms with E-state index in [0.29, 0.717) is 18.6 Å². The van der Waals surface area contributed by atoms with E-state index in [9.17, 15) is 0 Å². The molecule has 0 saturated carbocycles. The number of likely N-dealkylation sites (tertiary alicyclic amines) is 1. The molecule has 1 fully saturated rings. The van der Waals surface area contributed by atoms with Crippen LogP contribution in [0.5, 0.6) is 5.75 Å². The number of nitrogens with one attached hydrogen (secondary N) is 2. The van der Waals surface area contributed by atoms with Gasteiger partial charge in [-0.3, -0.25) is 9.89 Å². The van der Waals surface area contributed by atoms with Crippen LogP contribution in [0.4, 0.5) is 0 Å². The summed E-state index contributed by atoms with van der Waals surface area (Å²) in [6.45, 7) is 5.03. The van der Waals surface area contributed by atoms with E-state index in [1.54, 1.807) is 7.11 Å². The van der Waals surface area contributed by atoms with Gasteiger partial charge in [0.15, 0.2) is 5.96 Å². The van der Waals surface area contributed by atoms with Crippen LogP contribution in [0.3, 0.4) is 0 Å². The topological polar surface area (TPSA) is 66.7 Å². The van der Waals surface area contributed by atoms with Gasteiger partial charge in [0.2, 0.25) is 0 Å². The first-order chi connectivity index (χ1) is 16.1. The van der Waals surface area contributed by atoms with Crippen molar-refractivity contribution in [1.29, 1.82) is 0 Å². The Kier molecular flexibility index (Phi) is 9.76. The Morgan fingerprint density at radius 2 is 1.88 bits per heavy atom. The van der Waals surface area contributed by atoms with E-state index in [4.69, 9.17) is 4.74 Å². The van der Waals surface area contributed by atoms with Crippen molar-refractivity contribution in [3.63, 3.8) is 0 Å². The molecule has 1 aliphatic heterocycles. The maximum absolute atomic E-state index is 5.23. The van der Waals surface area contributed by atoms with Gasteiger partial charge in [0, 0.05) is 38.4 Å². The second-order valence-corrected chi connectivity index (χ2v) is 8.55. The molecule has 8 heteroatoms. The van der Waals surface area contributed by atoms with Crippen LogP contribution in [0.2, 0.25) is 0 Å². The summed E-state index contributed by atoms with van der Waals surface area (Å²) >= 11 is 0. The predicted octanol–water partition coefficient (Wildman–Crippen LogP) is 4.22. The third kappa shape index (κ3) is 6.96. The van der Waals surface area contributed by atoms with Crippen LogP contribution in [0, 0.1) is 0 Å². The molecule has 2 heterocycles. The van der Waals surface area contributed by atoms with Crippen molar-refractivity contribution in [2.24, 2.45) is 4.99 Å². The van der Waals surface area contributed by atoms with Crippen molar-refractivity contribution >= 4 is 29.9 Å². The van der Waals surface area contributed by atoms with Crippen LogP contribution in [0.15, 0.2) is 71.9 Å². The van der Waals surface area contributed by atoms with Gasteiger partial charge in [-0.05, 0) is 55.7 Å². The number of ether oxygens (including phenoxy) is 1. The van der Waals surface area contributed by atoms with Gasteiger partial charge < -0.3 is 15.4 Å². The fraction of sp³-hybridized carbons (Fsp3) is 0.385. The Labute approximate surface area is 219 Å². The summed E-state index contributed by atoms with van der Waals surface area (Å²) in [7, 11) is 3.49. The molecule has 0 radical (unpaired) electrons. The highest BCUT2D eigenvalue weighted by atomic mass is 127. The van der Waals surface area contributed by atoms with Crippen LogP contribution >= 0.6 is 24.0 Å². The molecule has 34 heavy (non-hydrogen) atoms. The minimum atomic E-state index is 0. The summed E-state index contributed by atoms with van der Waals surface area (Å²) in [5.74, 6) is 1.66. The molecule has 7 nitrogen and oxygen atoms in total. The molecule has 1 saturated heterocycles. The fourth-order valence-corrected chi connectivity index (χ4v) is 4.30.